The molecule has 0 radical (unpaired) electrons. The molecule has 20 heavy (non-hydrogen) atoms. The Hall–Kier alpha value is -2.40. The molecule has 3 aromatic rings. The van der Waals surface area contributed by atoms with E-state index in [9.17, 15) is 14.0 Å². The normalized spacial score (nSPS) is 10.9. The fourth-order valence-corrected chi connectivity index (χ4v) is 2.33. The average molecular weight is 291 g/mol. The largest absolute Gasteiger partial charge is 0.333 e. The fraction of sp³-hybridized carbons (Fsp3) is 0. The molecule has 3 rings (SSSR count). The van der Waals surface area contributed by atoms with Crippen LogP contribution in [0.25, 0.3) is 16.6 Å². The first kappa shape index (κ1) is 12.6. The van der Waals surface area contributed by atoms with Gasteiger partial charge in [0, 0.05) is 0 Å². The Kier molecular flexibility index (Phi) is 2.91. The quantitative estimate of drug-likeness (QED) is 0.748. The van der Waals surface area contributed by atoms with Crippen molar-refractivity contribution in [1.29, 1.82) is 0 Å². The zero-order valence-corrected chi connectivity index (χ0v) is 10.8. The molecule has 0 amide bonds. The Bertz CT molecular complexity index is 930. The van der Waals surface area contributed by atoms with Crippen LogP contribution in [0.5, 0.6) is 0 Å². The van der Waals surface area contributed by atoms with Gasteiger partial charge < -0.3 is 4.98 Å². The van der Waals surface area contributed by atoms with Crippen LogP contribution in [-0.2, 0) is 0 Å². The van der Waals surface area contributed by atoms with Crippen molar-refractivity contribution in [1.82, 2.24) is 9.55 Å². The van der Waals surface area contributed by atoms with Crippen LogP contribution >= 0.6 is 11.6 Å². The number of rotatable bonds is 1. The molecule has 0 aliphatic carbocycles. The summed E-state index contributed by atoms with van der Waals surface area (Å²) in [6.07, 6.45) is 0. The highest BCUT2D eigenvalue weighted by Crippen LogP contribution is 2.17. The second-order valence-corrected chi connectivity index (χ2v) is 4.62. The number of fused-ring (bicyclic) bond motifs is 1. The second-order valence-electron chi connectivity index (χ2n) is 4.21. The smallest absolute Gasteiger partial charge is 0.306 e. The molecule has 4 nitrogen and oxygen atoms in total. The van der Waals surface area contributed by atoms with Crippen molar-refractivity contribution in [2.45, 2.75) is 0 Å². The molecule has 0 spiro atoms. The molecular weight excluding hydrogens is 283 g/mol. The third kappa shape index (κ3) is 1.92. The first-order valence-corrected chi connectivity index (χ1v) is 6.15. The SMILES string of the molecule is O=c1[nH]c2cccc(Cl)c2c(=O)n1-c1cccc(F)c1. The van der Waals surface area contributed by atoms with Gasteiger partial charge in [-0.25, -0.2) is 13.8 Å². The summed E-state index contributed by atoms with van der Waals surface area (Å²) in [4.78, 5) is 27.0. The molecule has 1 heterocycles. The minimum absolute atomic E-state index is 0.151. The lowest BCUT2D eigenvalue weighted by molar-refractivity contribution is 0.626. The molecule has 0 aliphatic rings. The van der Waals surface area contributed by atoms with Crippen LogP contribution in [0.4, 0.5) is 4.39 Å². The Morgan fingerprint density at radius 3 is 2.60 bits per heavy atom. The minimum atomic E-state index is -0.643. The summed E-state index contributed by atoms with van der Waals surface area (Å²) in [5, 5.41) is 0.423. The molecule has 1 aromatic heterocycles. The Labute approximate surface area is 117 Å². The lowest BCUT2D eigenvalue weighted by Gasteiger charge is -2.07. The van der Waals surface area contributed by atoms with Crippen LogP contribution in [-0.4, -0.2) is 9.55 Å². The maximum absolute atomic E-state index is 13.3. The molecule has 0 atom stereocenters. The first-order valence-electron chi connectivity index (χ1n) is 5.77. The Morgan fingerprint density at radius 2 is 1.85 bits per heavy atom. The number of nitrogens with zero attached hydrogens (tertiary/aromatic N) is 1. The van der Waals surface area contributed by atoms with Crippen molar-refractivity contribution >= 4 is 22.5 Å². The summed E-state index contributed by atoms with van der Waals surface area (Å²) >= 11 is 6.00. The van der Waals surface area contributed by atoms with Crippen LogP contribution in [0.1, 0.15) is 0 Å². The highest BCUT2D eigenvalue weighted by molar-refractivity contribution is 6.35. The molecule has 0 unspecified atom stereocenters. The van der Waals surface area contributed by atoms with Crippen molar-refractivity contribution < 1.29 is 4.39 Å². The van der Waals surface area contributed by atoms with E-state index in [1.54, 1.807) is 18.2 Å². The predicted octanol–water partition coefficient (Wildman–Crippen LogP) is 2.47. The van der Waals surface area contributed by atoms with E-state index < -0.39 is 17.1 Å². The number of halogens is 2. The molecule has 0 saturated carbocycles. The zero-order valence-electron chi connectivity index (χ0n) is 10.1. The van der Waals surface area contributed by atoms with Gasteiger partial charge in [-0.2, -0.15) is 0 Å². The van der Waals surface area contributed by atoms with E-state index in [0.29, 0.717) is 5.52 Å². The van der Waals surface area contributed by atoms with E-state index in [1.165, 1.54) is 18.2 Å². The molecule has 1 N–H and O–H groups in total. The maximum Gasteiger partial charge on any atom is 0.333 e. The fourth-order valence-electron chi connectivity index (χ4n) is 2.07. The van der Waals surface area contributed by atoms with Gasteiger partial charge in [0.15, 0.2) is 0 Å². The summed E-state index contributed by atoms with van der Waals surface area (Å²) in [6, 6.07) is 10.0. The standard InChI is InChI=1S/C14H8ClFN2O2/c15-10-5-2-6-11-12(10)13(19)18(14(20)17-11)9-4-1-3-8(16)7-9/h1-7H,(H,17,20). The number of aromatic amines is 1. The average Bonchev–Trinajstić information content (AvgIpc) is 2.38. The monoisotopic (exact) mass is 290 g/mol. The molecular formula is C14H8ClFN2O2. The summed E-state index contributed by atoms with van der Waals surface area (Å²) < 4.78 is 14.1. The minimum Gasteiger partial charge on any atom is -0.306 e. The predicted molar refractivity (Wildman–Crippen MR) is 75.1 cm³/mol. The van der Waals surface area contributed by atoms with Gasteiger partial charge in [0.2, 0.25) is 0 Å². The molecule has 6 heteroatoms. The van der Waals surface area contributed by atoms with Gasteiger partial charge in [-0.05, 0) is 30.3 Å². The molecule has 0 aliphatic heterocycles. The van der Waals surface area contributed by atoms with Gasteiger partial charge in [-0.3, -0.25) is 4.79 Å². The number of aromatic nitrogens is 2. The van der Waals surface area contributed by atoms with Gasteiger partial charge >= 0.3 is 5.69 Å². The van der Waals surface area contributed by atoms with E-state index in [2.05, 4.69) is 4.98 Å². The topological polar surface area (TPSA) is 54.9 Å². The van der Waals surface area contributed by atoms with E-state index >= 15 is 0 Å². The molecule has 2 aromatic carbocycles. The molecule has 0 fully saturated rings. The lowest BCUT2D eigenvalue weighted by atomic mass is 10.2. The summed E-state index contributed by atoms with van der Waals surface area (Å²) in [5.41, 5.74) is -0.728. The molecule has 0 saturated heterocycles. The van der Waals surface area contributed by atoms with Crippen LogP contribution in [0.3, 0.4) is 0 Å². The Balaban J connectivity index is 2.46. The zero-order chi connectivity index (χ0) is 14.3. The first-order chi connectivity index (χ1) is 9.58. The number of H-pyrrole nitrogens is 1. The number of benzene rings is 2. The van der Waals surface area contributed by atoms with Crippen molar-refractivity contribution in [3.63, 3.8) is 0 Å². The number of hydrogen-bond donors (Lipinski definition) is 1. The third-order valence-electron chi connectivity index (χ3n) is 2.94. The van der Waals surface area contributed by atoms with Crippen LogP contribution in [0.2, 0.25) is 5.02 Å². The summed E-state index contributed by atoms with van der Waals surface area (Å²) in [6.45, 7) is 0. The van der Waals surface area contributed by atoms with Crippen molar-refractivity contribution in [3.8, 4) is 5.69 Å². The van der Waals surface area contributed by atoms with Crippen molar-refractivity contribution in [2.24, 2.45) is 0 Å². The lowest BCUT2D eigenvalue weighted by Crippen LogP contribution is -2.33. The van der Waals surface area contributed by atoms with Crippen LogP contribution < -0.4 is 11.2 Å². The third-order valence-corrected chi connectivity index (χ3v) is 3.26. The van der Waals surface area contributed by atoms with Crippen molar-refractivity contribution in [3.05, 3.63) is 74.1 Å². The van der Waals surface area contributed by atoms with Gasteiger partial charge in [-0.1, -0.05) is 23.7 Å². The highest BCUT2D eigenvalue weighted by Gasteiger charge is 2.12. The van der Waals surface area contributed by atoms with E-state index in [1.807, 2.05) is 0 Å². The number of nitrogens with one attached hydrogen (secondary N) is 1. The summed E-state index contributed by atoms with van der Waals surface area (Å²) in [5.74, 6) is -0.534. The molecule has 100 valence electrons. The van der Waals surface area contributed by atoms with Gasteiger partial charge in [0.05, 0.1) is 21.6 Å². The van der Waals surface area contributed by atoms with Crippen LogP contribution in [0, 0.1) is 5.82 Å². The summed E-state index contributed by atoms with van der Waals surface area (Å²) in [7, 11) is 0. The van der Waals surface area contributed by atoms with Gasteiger partial charge in [-0.15, -0.1) is 0 Å². The maximum atomic E-state index is 13.3. The van der Waals surface area contributed by atoms with E-state index in [-0.39, 0.29) is 16.1 Å². The van der Waals surface area contributed by atoms with E-state index in [4.69, 9.17) is 11.6 Å². The van der Waals surface area contributed by atoms with Gasteiger partial charge in [0.25, 0.3) is 5.56 Å². The number of hydrogen-bond acceptors (Lipinski definition) is 2. The van der Waals surface area contributed by atoms with Crippen LogP contribution in [0.15, 0.2) is 52.1 Å². The van der Waals surface area contributed by atoms with Crippen molar-refractivity contribution in [2.75, 3.05) is 0 Å². The van der Waals surface area contributed by atoms with Gasteiger partial charge in [0.1, 0.15) is 5.82 Å². The van der Waals surface area contributed by atoms with E-state index in [0.717, 1.165) is 10.6 Å². The highest BCUT2D eigenvalue weighted by atomic mass is 35.5. The second kappa shape index (κ2) is 4.61. The Morgan fingerprint density at radius 1 is 1.10 bits per heavy atom. The molecule has 0 bridgehead atoms.